The van der Waals surface area contributed by atoms with Gasteiger partial charge in [-0.3, -0.25) is 4.57 Å². The number of allylic oxidation sites excluding steroid dienone is 1. The van der Waals surface area contributed by atoms with Crippen molar-refractivity contribution in [2.75, 3.05) is 12.3 Å². The SMILES string of the molecule is C=C(C)[C@@H]1CC[C@](C)(S[PH](=S)OC[C@H]2O[C@@H](n3cnc4c(N)ncnc43)[C@H](F)C2O[Si](C)(C)C(C)(C)C)[C@@H](O)C1. The number of halogens is 1. The Bertz CT molecular complexity index is 1260. The largest absolute Gasteiger partial charge is 0.408 e. The molecule has 224 valence electrons. The van der Waals surface area contributed by atoms with Gasteiger partial charge in [-0.1, -0.05) is 56.1 Å². The number of aromatic nitrogens is 4. The lowest BCUT2D eigenvalue weighted by Crippen LogP contribution is -2.49. The number of alkyl halides is 1. The van der Waals surface area contributed by atoms with Crippen molar-refractivity contribution >= 4 is 54.6 Å². The number of hydrogen-bond donors (Lipinski definition) is 2. The van der Waals surface area contributed by atoms with Gasteiger partial charge in [0.2, 0.25) is 0 Å². The number of aliphatic hydroxyl groups is 1. The van der Waals surface area contributed by atoms with E-state index in [-0.39, 0.29) is 17.5 Å². The molecule has 0 aromatic carbocycles. The van der Waals surface area contributed by atoms with Crippen molar-refractivity contribution in [2.45, 2.75) is 107 Å². The van der Waals surface area contributed by atoms with Crippen molar-refractivity contribution in [2.24, 2.45) is 5.92 Å². The minimum atomic E-state index is -2.37. The third-order valence-corrected chi connectivity index (χ3v) is 18.1. The Balaban J connectivity index is 1.51. The lowest BCUT2D eigenvalue weighted by molar-refractivity contribution is -0.0377. The van der Waals surface area contributed by atoms with Crippen LogP contribution in [0.1, 0.15) is 60.1 Å². The van der Waals surface area contributed by atoms with Crippen LogP contribution in [0.15, 0.2) is 24.8 Å². The highest BCUT2D eigenvalue weighted by Gasteiger charge is 2.52. The average Bonchev–Trinajstić information content (AvgIpc) is 3.40. The number of anilines is 1. The number of nitrogens with zero attached hydrogens (tertiary/aromatic N) is 4. The lowest BCUT2D eigenvalue weighted by Gasteiger charge is -2.41. The molecule has 3 N–H and O–H groups in total. The fraction of sp³-hybridized carbons (Fsp3) is 0.731. The molecular formula is C26H43FN5O4PS2Si. The van der Waals surface area contributed by atoms with Crippen molar-refractivity contribution < 1.29 is 23.2 Å². The minimum absolute atomic E-state index is 0.0886. The summed E-state index contributed by atoms with van der Waals surface area (Å²) < 4.78 is 36.5. The zero-order valence-electron chi connectivity index (χ0n) is 24.4. The highest BCUT2D eigenvalue weighted by Crippen LogP contribution is 2.55. The zero-order chi connectivity index (χ0) is 29.6. The van der Waals surface area contributed by atoms with Gasteiger partial charge >= 0.3 is 0 Å². The van der Waals surface area contributed by atoms with Gasteiger partial charge in [0.15, 0.2) is 32.2 Å². The first-order valence-electron chi connectivity index (χ1n) is 13.6. The van der Waals surface area contributed by atoms with Gasteiger partial charge in [0, 0.05) is 4.75 Å². The maximum Gasteiger partial charge on any atom is 0.192 e. The van der Waals surface area contributed by atoms with Crippen LogP contribution >= 0.6 is 17.5 Å². The molecule has 1 aliphatic heterocycles. The Morgan fingerprint density at radius 2 is 2.10 bits per heavy atom. The van der Waals surface area contributed by atoms with Crippen LogP contribution < -0.4 is 5.73 Å². The predicted octanol–water partition coefficient (Wildman–Crippen LogP) is 5.79. The number of rotatable bonds is 9. The quantitative estimate of drug-likeness (QED) is 0.200. The van der Waals surface area contributed by atoms with E-state index in [1.165, 1.54) is 24.0 Å². The van der Waals surface area contributed by atoms with E-state index in [9.17, 15) is 5.11 Å². The Labute approximate surface area is 247 Å². The Kier molecular flexibility index (Phi) is 9.59. The van der Waals surface area contributed by atoms with Crippen molar-refractivity contribution in [1.29, 1.82) is 0 Å². The van der Waals surface area contributed by atoms with Crippen LogP contribution in [-0.2, 0) is 25.5 Å². The summed E-state index contributed by atoms with van der Waals surface area (Å²) in [5.41, 5.74) is 7.84. The standard InChI is InChI=1S/C26H43FN5O4PS2Si/c1-15(2)16-9-10-26(6,18(33)11-16)39-37(38)34-12-17-21(36-40(7,8)25(3,4)5)19(27)24(35-17)32-14-31-20-22(28)29-13-30-23(20)32/h13-14,16-19,21,24,33,37H,1,9-12H2,2-8H3,(H2,28,29,30)/t16-,17-,18+,19-,21?,24-,26+/m1/s1. The van der Waals surface area contributed by atoms with Crippen LogP contribution in [0.4, 0.5) is 10.2 Å². The molecule has 0 amide bonds. The van der Waals surface area contributed by atoms with Crippen LogP contribution in [-0.4, -0.2) is 68.8 Å². The van der Waals surface area contributed by atoms with E-state index in [4.69, 9.17) is 31.2 Å². The Hall–Kier alpha value is -0.923. The van der Waals surface area contributed by atoms with Gasteiger partial charge in [-0.15, -0.1) is 0 Å². The molecule has 0 spiro atoms. The van der Waals surface area contributed by atoms with E-state index in [1.54, 1.807) is 4.57 Å². The minimum Gasteiger partial charge on any atom is -0.408 e. The van der Waals surface area contributed by atoms with Gasteiger partial charge in [0.25, 0.3) is 0 Å². The van der Waals surface area contributed by atoms with Crippen LogP contribution in [0.25, 0.3) is 11.2 Å². The molecular weight excluding hydrogens is 589 g/mol. The molecule has 14 heteroatoms. The van der Waals surface area contributed by atoms with E-state index in [2.05, 4.69) is 62.3 Å². The normalized spacial score (nSPS) is 32.4. The molecule has 1 saturated heterocycles. The van der Waals surface area contributed by atoms with E-state index in [0.29, 0.717) is 23.5 Å². The van der Waals surface area contributed by atoms with E-state index < -0.39 is 49.9 Å². The topological polar surface area (TPSA) is 118 Å². The first-order chi connectivity index (χ1) is 18.5. The molecule has 4 rings (SSSR count). The van der Waals surface area contributed by atoms with E-state index in [1.807, 2.05) is 6.92 Å². The summed E-state index contributed by atoms with van der Waals surface area (Å²) in [5, 5.41) is 10.8. The van der Waals surface area contributed by atoms with Gasteiger partial charge in [-0.25, -0.2) is 19.3 Å². The van der Waals surface area contributed by atoms with Crippen LogP contribution in [0.3, 0.4) is 0 Å². The molecule has 9 nitrogen and oxygen atoms in total. The number of imidazole rings is 1. The first kappa shape index (κ1) is 32.0. The molecule has 0 radical (unpaired) electrons. The van der Waals surface area contributed by atoms with Crippen LogP contribution in [0.2, 0.25) is 18.1 Å². The molecule has 2 aromatic heterocycles. The van der Waals surface area contributed by atoms with Crippen LogP contribution in [0, 0.1) is 5.92 Å². The van der Waals surface area contributed by atoms with Gasteiger partial charge < -0.3 is 24.5 Å². The number of fused-ring (bicyclic) bond motifs is 1. The predicted molar refractivity (Wildman–Crippen MR) is 166 cm³/mol. The number of nitrogen functional groups attached to an aromatic ring is 1. The second kappa shape index (κ2) is 12.0. The fourth-order valence-electron chi connectivity index (χ4n) is 4.97. The van der Waals surface area contributed by atoms with Crippen LogP contribution in [0.5, 0.6) is 0 Å². The van der Waals surface area contributed by atoms with Crippen molar-refractivity contribution in [1.82, 2.24) is 19.5 Å². The summed E-state index contributed by atoms with van der Waals surface area (Å²) in [4.78, 5) is 12.5. The van der Waals surface area contributed by atoms with E-state index in [0.717, 1.165) is 18.4 Å². The maximum atomic E-state index is 16.3. The molecule has 1 saturated carbocycles. The summed E-state index contributed by atoms with van der Waals surface area (Å²) in [7, 11) is -2.37. The number of ether oxygens (including phenoxy) is 1. The highest BCUT2D eigenvalue weighted by atomic mass is 32.9. The Morgan fingerprint density at radius 1 is 1.40 bits per heavy atom. The highest BCUT2D eigenvalue weighted by molar-refractivity contribution is 8.63. The molecule has 3 heterocycles. The van der Waals surface area contributed by atoms with Crippen molar-refractivity contribution in [3.8, 4) is 0 Å². The van der Waals surface area contributed by atoms with Crippen molar-refractivity contribution in [3.63, 3.8) is 0 Å². The molecule has 2 unspecified atom stereocenters. The van der Waals surface area contributed by atoms with Gasteiger partial charge in [0.05, 0.1) is 19.0 Å². The first-order valence-corrected chi connectivity index (χ1v) is 20.6. The molecule has 2 aromatic rings. The van der Waals surface area contributed by atoms with Gasteiger partial charge in [-0.2, -0.15) is 0 Å². The third kappa shape index (κ3) is 6.51. The van der Waals surface area contributed by atoms with E-state index >= 15 is 4.39 Å². The summed E-state index contributed by atoms with van der Waals surface area (Å²) >= 11 is 7.31. The number of nitrogens with two attached hydrogens (primary N) is 1. The molecule has 40 heavy (non-hydrogen) atoms. The Morgan fingerprint density at radius 3 is 2.73 bits per heavy atom. The zero-order valence-corrected chi connectivity index (χ0v) is 28.0. The number of aliphatic hydroxyl groups excluding tert-OH is 1. The summed E-state index contributed by atoms with van der Waals surface area (Å²) in [5.74, 6) is 0.540. The monoisotopic (exact) mass is 631 g/mol. The third-order valence-electron chi connectivity index (χ3n) is 8.75. The molecule has 2 aliphatic rings. The fourth-order valence-corrected chi connectivity index (χ4v) is 11.6. The summed E-state index contributed by atoms with van der Waals surface area (Å²) in [6.45, 7) is 18.7. The number of hydrogen-bond acceptors (Lipinski definition) is 10. The molecule has 1 aliphatic carbocycles. The second-order valence-electron chi connectivity index (χ2n) is 12.7. The molecule has 8 atom stereocenters. The summed E-state index contributed by atoms with van der Waals surface area (Å²) in [6, 6.07) is 0. The second-order valence-corrected chi connectivity index (χ2v) is 23.0. The summed E-state index contributed by atoms with van der Waals surface area (Å²) in [6.07, 6.45) is -1.11. The lowest BCUT2D eigenvalue weighted by atomic mass is 9.77. The maximum absolute atomic E-state index is 16.3. The molecule has 0 bridgehead atoms. The van der Waals surface area contributed by atoms with Gasteiger partial charge in [0.1, 0.15) is 30.2 Å². The van der Waals surface area contributed by atoms with Gasteiger partial charge in [-0.05, 0) is 57.2 Å². The van der Waals surface area contributed by atoms with Crippen molar-refractivity contribution in [3.05, 3.63) is 24.8 Å². The smallest absolute Gasteiger partial charge is 0.192 e. The molecule has 2 fully saturated rings. The average molecular weight is 632 g/mol.